The van der Waals surface area contributed by atoms with Crippen LogP contribution in [0.15, 0.2) is 16.6 Å². The molecule has 2 rings (SSSR count). The Labute approximate surface area is 109 Å². The van der Waals surface area contributed by atoms with Crippen molar-refractivity contribution in [3.63, 3.8) is 0 Å². The Balaban J connectivity index is 2.36. The zero-order valence-electron chi connectivity index (χ0n) is 9.70. The summed E-state index contributed by atoms with van der Waals surface area (Å²) in [5.74, 6) is 0.823. The predicted octanol–water partition coefficient (Wildman–Crippen LogP) is 1.41. The first-order chi connectivity index (χ1) is 8.17. The molecule has 1 aliphatic heterocycles. The van der Waals surface area contributed by atoms with Gasteiger partial charge in [-0.15, -0.1) is 0 Å². The van der Waals surface area contributed by atoms with E-state index in [1.807, 2.05) is 12.1 Å². The Morgan fingerprint density at radius 2 is 2.29 bits per heavy atom. The van der Waals surface area contributed by atoms with E-state index in [9.17, 15) is 4.79 Å². The van der Waals surface area contributed by atoms with Crippen molar-refractivity contribution in [3.8, 4) is 5.75 Å². The molecular formula is C12H15BrN2O2. The Morgan fingerprint density at radius 1 is 1.53 bits per heavy atom. The van der Waals surface area contributed by atoms with Gasteiger partial charge in [0.05, 0.1) is 11.6 Å². The SMILES string of the molecule is COc1cc2c(cc1Br)C(=O)N(CCN)CC2. The van der Waals surface area contributed by atoms with Crippen molar-refractivity contribution in [3.05, 3.63) is 27.7 Å². The second-order valence-electron chi connectivity index (χ2n) is 3.97. The number of nitrogens with zero attached hydrogens (tertiary/aromatic N) is 1. The van der Waals surface area contributed by atoms with E-state index < -0.39 is 0 Å². The Morgan fingerprint density at radius 3 is 2.94 bits per heavy atom. The number of nitrogens with two attached hydrogens (primary N) is 1. The summed E-state index contributed by atoms with van der Waals surface area (Å²) in [5.41, 5.74) is 7.29. The normalized spacial score (nSPS) is 14.8. The highest BCUT2D eigenvalue weighted by atomic mass is 79.9. The fraction of sp³-hybridized carbons (Fsp3) is 0.417. The summed E-state index contributed by atoms with van der Waals surface area (Å²) in [4.78, 5) is 14.0. The second-order valence-corrected chi connectivity index (χ2v) is 4.83. The van der Waals surface area contributed by atoms with Crippen LogP contribution in [0.4, 0.5) is 0 Å². The molecule has 0 saturated heterocycles. The lowest BCUT2D eigenvalue weighted by Gasteiger charge is -2.28. The smallest absolute Gasteiger partial charge is 0.254 e. The molecule has 92 valence electrons. The minimum absolute atomic E-state index is 0.0556. The number of hydrogen-bond acceptors (Lipinski definition) is 3. The van der Waals surface area contributed by atoms with Gasteiger partial charge in [0, 0.05) is 25.2 Å². The average Bonchev–Trinajstić information content (AvgIpc) is 2.33. The highest BCUT2D eigenvalue weighted by Crippen LogP contribution is 2.31. The lowest BCUT2D eigenvalue weighted by molar-refractivity contribution is 0.0744. The van der Waals surface area contributed by atoms with Gasteiger partial charge in [-0.1, -0.05) is 0 Å². The highest BCUT2D eigenvalue weighted by Gasteiger charge is 2.25. The number of methoxy groups -OCH3 is 1. The topological polar surface area (TPSA) is 55.6 Å². The van der Waals surface area contributed by atoms with Crippen LogP contribution in [0.2, 0.25) is 0 Å². The number of carbonyl (C=O) groups excluding carboxylic acids is 1. The molecule has 0 radical (unpaired) electrons. The molecule has 0 fully saturated rings. The number of amides is 1. The van der Waals surface area contributed by atoms with Gasteiger partial charge in [-0.25, -0.2) is 0 Å². The van der Waals surface area contributed by atoms with E-state index in [0.717, 1.165) is 34.3 Å². The summed E-state index contributed by atoms with van der Waals surface area (Å²) in [6, 6.07) is 3.76. The molecule has 17 heavy (non-hydrogen) atoms. The van der Waals surface area contributed by atoms with Crippen LogP contribution in [0.25, 0.3) is 0 Å². The number of rotatable bonds is 3. The van der Waals surface area contributed by atoms with E-state index in [1.165, 1.54) is 0 Å². The van der Waals surface area contributed by atoms with E-state index in [0.29, 0.717) is 13.1 Å². The van der Waals surface area contributed by atoms with Gasteiger partial charge < -0.3 is 15.4 Å². The Kier molecular flexibility index (Phi) is 3.69. The molecule has 0 atom stereocenters. The first-order valence-corrected chi connectivity index (χ1v) is 6.32. The number of halogens is 1. The monoisotopic (exact) mass is 298 g/mol. The maximum absolute atomic E-state index is 12.2. The number of hydrogen-bond donors (Lipinski definition) is 1. The number of carbonyl (C=O) groups is 1. The van der Waals surface area contributed by atoms with Gasteiger partial charge in [-0.3, -0.25) is 4.79 Å². The second kappa shape index (κ2) is 5.06. The van der Waals surface area contributed by atoms with Crippen LogP contribution in [0.3, 0.4) is 0 Å². The third-order valence-electron chi connectivity index (χ3n) is 2.95. The molecule has 0 bridgehead atoms. The van der Waals surface area contributed by atoms with Crippen molar-refractivity contribution in [1.82, 2.24) is 4.90 Å². The summed E-state index contributed by atoms with van der Waals surface area (Å²) < 4.78 is 6.04. The molecule has 2 N–H and O–H groups in total. The van der Waals surface area contributed by atoms with Gasteiger partial charge in [-0.2, -0.15) is 0 Å². The van der Waals surface area contributed by atoms with Crippen LogP contribution >= 0.6 is 15.9 Å². The lowest BCUT2D eigenvalue weighted by Crippen LogP contribution is -2.40. The lowest BCUT2D eigenvalue weighted by atomic mass is 9.98. The van der Waals surface area contributed by atoms with Crippen LogP contribution < -0.4 is 10.5 Å². The molecular weight excluding hydrogens is 284 g/mol. The van der Waals surface area contributed by atoms with Crippen LogP contribution in [0.1, 0.15) is 15.9 Å². The van der Waals surface area contributed by atoms with E-state index in [-0.39, 0.29) is 5.91 Å². The molecule has 1 aromatic carbocycles. The molecule has 1 aromatic rings. The quantitative estimate of drug-likeness (QED) is 0.918. The molecule has 4 nitrogen and oxygen atoms in total. The summed E-state index contributed by atoms with van der Waals surface area (Å²) in [6.45, 7) is 1.84. The fourth-order valence-electron chi connectivity index (χ4n) is 2.05. The first-order valence-electron chi connectivity index (χ1n) is 5.53. The molecule has 1 aliphatic rings. The van der Waals surface area contributed by atoms with Gasteiger partial charge in [0.2, 0.25) is 0 Å². The minimum Gasteiger partial charge on any atom is -0.496 e. The van der Waals surface area contributed by atoms with Gasteiger partial charge in [0.25, 0.3) is 5.91 Å². The van der Waals surface area contributed by atoms with Gasteiger partial charge in [0.1, 0.15) is 5.75 Å². The third-order valence-corrected chi connectivity index (χ3v) is 3.57. The third kappa shape index (κ3) is 2.30. The van der Waals surface area contributed by atoms with Gasteiger partial charge in [0.15, 0.2) is 0 Å². The van der Waals surface area contributed by atoms with Crippen molar-refractivity contribution in [2.75, 3.05) is 26.7 Å². The van der Waals surface area contributed by atoms with Gasteiger partial charge in [-0.05, 0) is 40.0 Å². The molecule has 5 heteroatoms. The molecule has 1 amide bonds. The molecule has 0 aliphatic carbocycles. The number of benzene rings is 1. The van der Waals surface area contributed by atoms with E-state index in [1.54, 1.807) is 12.0 Å². The standard InChI is InChI=1S/C12H15BrN2O2/c1-17-11-6-8-2-4-15(5-3-14)12(16)9(8)7-10(11)13/h6-7H,2-5,14H2,1H3. The van der Waals surface area contributed by atoms with Crippen molar-refractivity contribution in [2.45, 2.75) is 6.42 Å². The number of ether oxygens (including phenoxy) is 1. The first kappa shape index (κ1) is 12.4. The Hall–Kier alpha value is -1.07. The fourth-order valence-corrected chi connectivity index (χ4v) is 2.56. The van der Waals surface area contributed by atoms with Crippen molar-refractivity contribution < 1.29 is 9.53 Å². The molecule has 0 saturated carbocycles. The maximum atomic E-state index is 12.2. The summed E-state index contributed by atoms with van der Waals surface area (Å²) in [7, 11) is 1.62. The van der Waals surface area contributed by atoms with Crippen molar-refractivity contribution >= 4 is 21.8 Å². The van der Waals surface area contributed by atoms with Crippen LogP contribution in [0, 0.1) is 0 Å². The maximum Gasteiger partial charge on any atom is 0.254 e. The summed E-state index contributed by atoms with van der Waals surface area (Å²) in [5, 5.41) is 0. The zero-order valence-corrected chi connectivity index (χ0v) is 11.3. The minimum atomic E-state index is 0.0556. The molecule has 0 spiro atoms. The summed E-state index contributed by atoms with van der Waals surface area (Å²) >= 11 is 3.40. The van der Waals surface area contributed by atoms with E-state index in [4.69, 9.17) is 10.5 Å². The highest BCUT2D eigenvalue weighted by molar-refractivity contribution is 9.10. The van der Waals surface area contributed by atoms with Crippen molar-refractivity contribution in [1.29, 1.82) is 0 Å². The van der Waals surface area contributed by atoms with Crippen molar-refractivity contribution in [2.24, 2.45) is 5.73 Å². The Bertz CT molecular complexity index is 448. The van der Waals surface area contributed by atoms with E-state index in [2.05, 4.69) is 15.9 Å². The van der Waals surface area contributed by atoms with E-state index >= 15 is 0 Å². The predicted molar refractivity (Wildman–Crippen MR) is 69.4 cm³/mol. The van der Waals surface area contributed by atoms with Crippen LogP contribution in [-0.4, -0.2) is 37.6 Å². The molecule has 1 heterocycles. The number of fused-ring (bicyclic) bond motifs is 1. The molecule has 0 aromatic heterocycles. The average molecular weight is 299 g/mol. The summed E-state index contributed by atoms with van der Waals surface area (Å²) in [6.07, 6.45) is 0.852. The molecule has 0 unspecified atom stereocenters. The van der Waals surface area contributed by atoms with Crippen LogP contribution in [0.5, 0.6) is 5.75 Å². The zero-order chi connectivity index (χ0) is 12.4. The van der Waals surface area contributed by atoms with Gasteiger partial charge >= 0.3 is 0 Å². The largest absolute Gasteiger partial charge is 0.496 e. The van der Waals surface area contributed by atoms with Crippen LogP contribution in [-0.2, 0) is 6.42 Å².